The van der Waals surface area contributed by atoms with Crippen molar-refractivity contribution in [3.63, 3.8) is 0 Å². The van der Waals surface area contributed by atoms with Crippen LogP contribution in [-0.4, -0.2) is 9.13 Å². The molecule has 10 aromatic carbocycles. The predicted molar refractivity (Wildman–Crippen MR) is 274 cm³/mol. The number of fused-ring (bicyclic) bond motifs is 6. The van der Waals surface area contributed by atoms with Crippen LogP contribution in [0.1, 0.15) is 22.6 Å². The van der Waals surface area contributed by atoms with Gasteiger partial charge in [0.2, 0.25) is 0 Å². The maximum atomic E-state index is 2.39. The molecule has 65 heavy (non-hydrogen) atoms. The van der Waals surface area contributed by atoms with Gasteiger partial charge in [0.15, 0.2) is 0 Å². The Kier molecular flexibility index (Phi) is 9.65. The molecule has 0 aliphatic heterocycles. The molecule has 0 spiro atoms. The molecule has 0 fully saturated rings. The van der Waals surface area contributed by atoms with Crippen molar-refractivity contribution in [2.24, 2.45) is 0 Å². The maximum absolute atomic E-state index is 2.39. The molecule has 0 aliphatic rings. The second kappa shape index (κ2) is 16.4. The van der Waals surface area contributed by atoms with E-state index < -0.39 is 0 Å². The lowest BCUT2D eigenvalue weighted by Gasteiger charge is -2.26. The minimum Gasteiger partial charge on any atom is -0.311 e. The first-order chi connectivity index (χ1) is 32.2. The van der Waals surface area contributed by atoms with Crippen LogP contribution >= 0.6 is 0 Å². The first kappa shape index (κ1) is 38.3. The number of hydrogen-bond donors (Lipinski definition) is 0. The first-order valence-electron chi connectivity index (χ1n) is 22.5. The molecule has 0 radical (unpaired) electrons. The van der Waals surface area contributed by atoms with Gasteiger partial charge in [0.25, 0.3) is 0 Å². The van der Waals surface area contributed by atoms with Gasteiger partial charge in [-0.25, -0.2) is 0 Å². The van der Waals surface area contributed by atoms with Gasteiger partial charge in [-0.1, -0.05) is 170 Å². The van der Waals surface area contributed by atoms with E-state index in [9.17, 15) is 0 Å². The van der Waals surface area contributed by atoms with E-state index in [0.29, 0.717) is 0 Å². The van der Waals surface area contributed by atoms with Crippen molar-refractivity contribution in [2.45, 2.75) is 12.3 Å². The van der Waals surface area contributed by atoms with Crippen LogP contribution in [0.15, 0.2) is 255 Å². The van der Waals surface area contributed by atoms with Crippen molar-refractivity contribution in [1.29, 1.82) is 0 Å². The van der Waals surface area contributed by atoms with Crippen LogP contribution in [0.25, 0.3) is 66.1 Å². The summed E-state index contributed by atoms with van der Waals surface area (Å²) >= 11 is 0. The Balaban J connectivity index is 0.816. The summed E-state index contributed by atoms with van der Waals surface area (Å²) in [6, 6.07) is 92.7. The van der Waals surface area contributed by atoms with Crippen LogP contribution in [0, 0.1) is 0 Å². The fourth-order valence-electron chi connectivity index (χ4n) is 10.0. The highest BCUT2D eigenvalue weighted by Crippen LogP contribution is 2.39. The minimum atomic E-state index is 0.216. The number of rotatable bonds is 10. The van der Waals surface area contributed by atoms with Crippen molar-refractivity contribution in [3.8, 4) is 22.5 Å². The van der Waals surface area contributed by atoms with Crippen LogP contribution in [0.4, 0.5) is 17.1 Å². The highest BCUT2D eigenvalue weighted by atomic mass is 15.1. The molecule has 0 N–H and O–H groups in total. The Morgan fingerprint density at radius 1 is 0.292 bits per heavy atom. The largest absolute Gasteiger partial charge is 0.311 e. The van der Waals surface area contributed by atoms with E-state index in [4.69, 9.17) is 0 Å². The molecule has 3 heteroatoms. The maximum Gasteiger partial charge on any atom is 0.0541 e. The molecule has 308 valence electrons. The van der Waals surface area contributed by atoms with E-state index in [2.05, 4.69) is 269 Å². The second-order valence-corrected chi connectivity index (χ2v) is 16.9. The van der Waals surface area contributed by atoms with Crippen molar-refractivity contribution < 1.29 is 0 Å². The Labute approximate surface area is 379 Å². The van der Waals surface area contributed by atoms with Gasteiger partial charge in [-0.2, -0.15) is 0 Å². The Bertz CT molecular complexity index is 3480. The average Bonchev–Trinajstić information content (AvgIpc) is 3.90. The molecule has 12 aromatic rings. The van der Waals surface area contributed by atoms with Gasteiger partial charge in [0, 0.05) is 55.9 Å². The van der Waals surface area contributed by atoms with Crippen molar-refractivity contribution in [2.75, 3.05) is 4.90 Å². The lowest BCUT2D eigenvalue weighted by molar-refractivity contribution is 0.805. The summed E-state index contributed by atoms with van der Waals surface area (Å²) in [4.78, 5) is 2.34. The van der Waals surface area contributed by atoms with Crippen LogP contribution < -0.4 is 4.90 Å². The predicted octanol–water partition coefficient (Wildman–Crippen LogP) is 16.4. The van der Waals surface area contributed by atoms with E-state index in [-0.39, 0.29) is 5.92 Å². The molecule has 1 unspecified atom stereocenters. The monoisotopic (exact) mass is 831 g/mol. The van der Waals surface area contributed by atoms with E-state index in [1.807, 2.05) is 0 Å². The molecule has 3 nitrogen and oxygen atoms in total. The summed E-state index contributed by atoms with van der Waals surface area (Å²) in [6.07, 6.45) is 0.902. The quantitative estimate of drug-likeness (QED) is 0.134. The minimum absolute atomic E-state index is 0.216. The summed E-state index contributed by atoms with van der Waals surface area (Å²) < 4.78 is 4.76. The summed E-state index contributed by atoms with van der Waals surface area (Å²) in [7, 11) is 0. The third kappa shape index (κ3) is 6.95. The van der Waals surface area contributed by atoms with E-state index in [1.165, 1.54) is 77.1 Å². The van der Waals surface area contributed by atoms with Crippen LogP contribution in [-0.2, 0) is 6.42 Å². The fraction of sp³-hybridized carbons (Fsp3) is 0.0323. The first-order valence-corrected chi connectivity index (χ1v) is 22.5. The Hall–Kier alpha value is -8.40. The standard InChI is InChI=1S/C62H45N3/c1-3-15-47(16-4-1)58(48-33-37-52(38-34-48)64-59-23-11-7-19-54(59)55-20-8-12-24-60(55)64)43-44-27-29-45(30-28-44)46-31-35-50(36-32-46)63(49-17-5-2-6-18-49)51-39-41-53(42-40-51)65-61-25-13-9-21-56(61)57-22-10-14-26-62(57)65/h1-42,58H,43H2. The molecule has 0 bridgehead atoms. The SMILES string of the molecule is c1ccc(C(Cc2ccc(-c3ccc(N(c4ccccc4)c4ccc(-n5c6ccccc6c6ccccc65)cc4)cc3)cc2)c2ccc(-n3c4ccccc4c4ccccc43)cc2)cc1. The highest BCUT2D eigenvalue weighted by molar-refractivity contribution is 6.10. The van der Waals surface area contributed by atoms with Gasteiger partial charge in [-0.05, 0) is 119 Å². The number of hydrogen-bond acceptors (Lipinski definition) is 1. The summed E-state index contributed by atoms with van der Waals surface area (Å²) in [5.41, 5.74) is 16.9. The second-order valence-electron chi connectivity index (χ2n) is 16.9. The van der Waals surface area contributed by atoms with Crippen LogP contribution in [0.3, 0.4) is 0 Å². The van der Waals surface area contributed by atoms with E-state index in [0.717, 1.165) is 29.2 Å². The van der Waals surface area contributed by atoms with Gasteiger partial charge in [0.1, 0.15) is 0 Å². The average molecular weight is 832 g/mol. The molecular weight excluding hydrogens is 787 g/mol. The number of anilines is 3. The molecule has 12 rings (SSSR count). The summed E-state index contributed by atoms with van der Waals surface area (Å²) in [6.45, 7) is 0. The topological polar surface area (TPSA) is 13.1 Å². The molecule has 1 atom stereocenters. The third-order valence-corrected chi connectivity index (χ3v) is 13.1. The van der Waals surface area contributed by atoms with E-state index >= 15 is 0 Å². The third-order valence-electron chi connectivity index (χ3n) is 13.1. The van der Waals surface area contributed by atoms with Gasteiger partial charge in [-0.15, -0.1) is 0 Å². The molecule has 2 aromatic heterocycles. The number of aromatic nitrogens is 2. The zero-order valence-electron chi connectivity index (χ0n) is 35.9. The number of para-hydroxylation sites is 5. The molecule has 0 saturated carbocycles. The zero-order valence-corrected chi connectivity index (χ0v) is 35.9. The fourth-order valence-corrected chi connectivity index (χ4v) is 10.0. The Morgan fingerprint density at radius 2 is 0.631 bits per heavy atom. The van der Waals surface area contributed by atoms with Crippen molar-refractivity contribution in [1.82, 2.24) is 9.13 Å². The van der Waals surface area contributed by atoms with Gasteiger partial charge >= 0.3 is 0 Å². The van der Waals surface area contributed by atoms with Gasteiger partial charge in [0.05, 0.1) is 22.1 Å². The van der Waals surface area contributed by atoms with Crippen LogP contribution in [0.2, 0.25) is 0 Å². The number of benzene rings is 10. The van der Waals surface area contributed by atoms with Gasteiger partial charge in [-0.3, -0.25) is 0 Å². The van der Waals surface area contributed by atoms with Crippen molar-refractivity contribution in [3.05, 3.63) is 271 Å². The summed E-state index contributed by atoms with van der Waals surface area (Å²) in [5.74, 6) is 0.216. The smallest absolute Gasteiger partial charge is 0.0541 e. The molecule has 0 saturated heterocycles. The lowest BCUT2D eigenvalue weighted by atomic mass is 9.85. The normalized spacial score (nSPS) is 12.0. The summed E-state index contributed by atoms with van der Waals surface area (Å²) in [5, 5.41) is 5.09. The molecule has 0 aliphatic carbocycles. The van der Waals surface area contributed by atoms with Crippen molar-refractivity contribution >= 4 is 60.7 Å². The van der Waals surface area contributed by atoms with E-state index in [1.54, 1.807) is 0 Å². The Morgan fingerprint density at radius 3 is 1.09 bits per heavy atom. The molecule has 0 amide bonds. The molecular formula is C62H45N3. The van der Waals surface area contributed by atoms with Crippen LogP contribution in [0.5, 0.6) is 0 Å². The zero-order chi connectivity index (χ0) is 43.1. The highest BCUT2D eigenvalue weighted by Gasteiger charge is 2.19. The molecule has 2 heterocycles. The lowest BCUT2D eigenvalue weighted by Crippen LogP contribution is -2.10. The number of nitrogens with zero attached hydrogens (tertiary/aromatic N) is 3. The van der Waals surface area contributed by atoms with Gasteiger partial charge < -0.3 is 14.0 Å².